The monoisotopic (exact) mass is 396 g/mol. The molecule has 1 aromatic heterocycles. The summed E-state index contributed by atoms with van der Waals surface area (Å²) in [5.41, 5.74) is 2.00. The van der Waals surface area contributed by atoms with E-state index >= 15 is 0 Å². The lowest BCUT2D eigenvalue weighted by molar-refractivity contribution is -0.0245. The van der Waals surface area contributed by atoms with Gasteiger partial charge in [0, 0.05) is 30.7 Å². The number of carbonyl (C=O) groups excluding carboxylic acids is 1. The van der Waals surface area contributed by atoms with Crippen LogP contribution in [-0.4, -0.2) is 28.3 Å². The van der Waals surface area contributed by atoms with Gasteiger partial charge in [-0.15, -0.1) is 0 Å². The highest BCUT2D eigenvalue weighted by molar-refractivity contribution is 9.10. The molecule has 3 rings (SSSR count). The number of benzene rings is 1. The van der Waals surface area contributed by atoms with Gasteiger partial charge in [-0.3, -0.25) is 4.79 Å². The third-order valence-corrected chi connectivity index (χ3v) is 4.14. The van der Waals surface area contributed by atoms with Gasteiger partial charge in [-0.25, -0.2) is 13.8 Å². The predicted molar refractivity (Wildman–Crippen MR) is 88.1 cm³/mol. The number of fused-ring (bicyclic) bond motifs is 1. The number of hydrogen-bond donors (Lipinski definition) is 0. The summed E-state index contributed by atoms with van der Waals surface area (Å²) >= 11 is 3.37. The van der Waals surface area contributed by atoms with Crippen LogP contribution in [0.2, 0.25) is 0 Å². The van der Waals surface area contributed by atoms with Crippen LogP contribution in [0, 0.1) is 0 Å². The highest BCUT2D eigenvalue weighted by atomic mass is 79.9. The topological polar surface area (TPSA) is 42.4 Å². The summed E-state index contributed by atoms with van der Waals surface area (Å²) < 4.78 is 32.0. The van der Waals surface area contributed by atoms with E-state index in [4.69, 9.17) is 4.74 Å². The summed E-state index contributed by atoms with van der Waals surface area (Å²) in [7, 11) is 0. The number of pyridine rings is 1. The Balaban J connectivity index is 1.78. The highest BCUT2D eigenvalue weighted by Gasteiger charge is 2.33. The second-order valence-corrected chi connectivity index (χ2v) is 6.71. The maximum Gasteiger partial charge on any atom is 0.278 e. The van der Waals surface area contributed by atoms with Crippen molar-refractivity contribution in [3.63, 3.8) is 0 Å². The SMILES string of the molecule is CC(F)(F)COc1nccc2c1C(=O)N(Cc1ccc(Br)cc1)C2. The van der Waals surface area contributed by atoms with E-state index in [1.807, 2.05) is 24.3 Å². The van der Waals surface area contributed by atoms with Gasteiger partial charge in [-0.05, 0) is 29.3 Å². The van der Waals surface area contributed by atoms with Crippen LogP contribution in [-0.2, 0) is 13.1 Å². The molecule has 1 amide bonds. The van der Waals surface area contributed by atoms with Crippen LogP contribution in [0.3, 0.4) is 0 Å². The number of halogens is 3. The molecule has 0 spiro atoms. The van der Waals surface area contributed by atoms with E-state index in [9.17, 15) is 13.6 Å². The van der Waals surface area contributed by atoms with E-state index in [0.717, 1.165) is 22.5 Å². The van der Waals surface area contributed by atoms with Gasteiger partial charge in [0.2, 0.25) is 5.88 Å². The number of nitrogens with zero attached hydrogens (tertiary/aromatic N) is 2. The van der Waals surface area contributed by atoms with E-state index in [1.54, 1.807) is 11.0 Å². The molecule has 24 heavy (non-hydrogen) atoms. The van der Waals surface area contributed by atoms with Crippen LogP contribution >= 0.6 is 15.9 Å². The molecule has 7 heteroatoms. The minimum Gasteiger partial charge on any atom is -0.471 e. The molecule has 0 saturated carbocycles. The maximum absolute atomic E-state index is 13.0. The van der Waals surface area contributed by atoms with Crippen molar-refractivity contribution in [2.24, 2.45) is 0 Å². The zero-order valence-corrected chi connectivity index (χ0v) is 14.5. The van der Waals surface area contributed by atoms with Crippen LogP contribution in [0.25, 0.3) is 0 Å². The summed E-state index contributed by atoms with van der Waals surface area (Å²) in [6.45, 7) is 0.796. The zero-order chi connectivity index (χ0) is 17.3. The Bertz CT molecular complexity index is 760. The summed E-state index contributed by atoms with van der Waals surface area (Å²) in [6, 6.07) is 9.37. The van der Waals surface area contributed by atoms with Crippen molar-refractivity contribution in [3.8, 4) is 5.88 Å². The first-order valence-electron chi connectivity index (χ1n) is 7.36. The average Bonchev–Trinajstić information content (AvgIpc) is 2.84. The fraction of sp³-hybridized carbons (Fsp3) is 0.294. The lowest BCUT2D eigenvalue weighted by Crippen LogP contribution is -2.25. The molecular formula is C17H15BrF2N2O2. The second-order valence-electron chi connectivity index (χ2n) is 5.80. The predicted octanol–water partition coefficient (Wildman–Crippen LogP) is 4.03. The van der Waals surface area contributed by atoms with E-state index in [-0.39, 0.29) is 17.4 Å². The van der Waals surface area contributed by atoms with Crippen molar-refractivity contribution in [1.29, 1.82) is 0 Å². The van der Waals surface area contributed by atoms with E-state index in [1.165, 1.54) is 6.20 Å². The van der Waals surface area contributed by atoms with Gasteiger partial charge < -0.3 is 9.64 Å². The second kappa shape index (κ2) is 6.47. The van der Waals surface area contributed by atoms with E-state index < -0.39 is 12.5 Å². The molecule has 0 unspecified atom stereocenters. The van der Waals surface area contributed by atoms with Crippen molar-refractivity contribution < 1.29 is 18.3 Å². The summed E-state index contributed by atoms with van der Waals surface area (Å²) in [6.07, 6.45) is 1.47. The van der Waals surface area contributed by atoms with Crippen molar-refractivity contribution in [1.82, 2.24) is 9.88 Å². The molecule has 0 fully saturated rings. The minimum absolute atomic E-state index is 0.0302. The first kappa shape index (κ1) is 16.8. The van der Waals surface area contributed by atoms with Crippen LogP contribution in [0.5, 0.6) is 5.88 Å². The van der Waals surface area contributed by atoms with Gasteiger partial charge in [0.25, 0.3) is 11.8 Å². The number of ether oxygens (including phenoxy) is 1. The zero-order valence-electron chi connectivity index (χ0n) is 12.9. The molecule has 0 atom stereocenters. The number of aromatic nitrogens is 1. The summed E-state index contributed by atoms with van der Waals surface area (Å²) in [5, 5.41) is 0. The normalized spacial score (nSPS) is 14.0. The molecule has 4 nitrogen and oxygen atoms in total. The fourth-order valence-corrected chi connectivity index (χ4v) is 2.78. The lowest BCUT2D eigenvalue weighted by Gasteiger charge is -2.16. The molecule has 0 saturated heterocycles. The van der Waals surface area contributed by atoms with Crippen molar-refractivity contribution in [2.45, 2.75) is 25.9 Å². The van der Waals surface area contributed by atoms with Gasteiger partial charge in [-0.2, -0.15) is 0 Å². The van der Waals surface area contributed by atoms with Crippen LogP contribution in [0.1, 0.15) is 28.4 Å². The molecule has 126 valence electrons. The van der Waals surface area contributed by atoms with Gasteiger partial charge >= 0.3 is 0 Å². The van der Waals surface area contributed by atoms with Crippen molar-refractivity contribution in [3.05, 3.63) is 57.7 Å². The average molecular weight is 397 g/mol. The first-order chi connectivity index (χ1) is 11.3. The number of alkyl halides is 2. The molecule has 1 aliphatic rings. The van der Waals surface area contributed by atoms with Crippen molar-refractivity contribution in [2.75, 3.05) is 6.61 Å². The Kier molecular flexibility index (Phi) is 4.54. The molecule has 0 radical (unpaired) electrons. The lowest BCUT2D eigenvalue weighted by atomic mass is 10.2. The number of rotatable bonds is 5. The molecule has 0 aliphatic carbocycles. The molecule has 0 N–H and O–H groups in total. The maximum atomic E-state index is 13.0. The Morgan fingerprint density at radius 3 is 2.67 bits per heavy atom. The molecule has 2 heterocycles. The molecule has 2 aromatic rings. The van der Waals surface area contributed by atoms with E-state index in [2.05, 4.69) is 20.9 Å². The van der Waals surface area contributed by atoms with Crippen LogP contribution in [0.15, 0.2) is 41.0 Å². The van der Waals surface area contributed by atoms with Crippen LogP contribution < -0.4 is 4.74 Å². The van der Waals surface area contributed by atoms with Gasteiger partial charge in [-0.1, -0.05) is 28.1 Å². The van der Waals surface area contributed by atoms with Crippen molar-refractivity contribution >= 4 is 21.8 Å². The Morgan fingerprint density at radius 2 is 2.00 bits per heavy atom. The third kappa shape index (κ3) is 3.72. The van der Waals surface area contributed by atoms with Gasteiger partial charge in [0.05, 0.1) is 0 Å². The number of carbonyl (C=O) groups is 1. The fourth-order valence-electron chi connectivity index (χ4n) is 2.52. The smallest absolute Gasteiger partial charge is 0.278 e. The van der Waals surface area contributed by atoms with E-state index in [0.29, 0.717) is 13.1 Å². The summed E-state index contributed by atoms with van der Waals surface area (Å²) in [5.74, 6) is -3.27. The third-order valence-electron chi connectivity index (χ3n) is 3.61. The highest BCUT2D eigenvalue weighted by Crippen LogP contribution is 2.31. The summed E-state index contributed by atoms with van der Waals surface area (Å²) in [4.78, 5) is 18.2. The largest absolute Gasteiger partial charge is 0.471 e. The van der Waals surface area contributed by atoms with Gasteiger partial charge in [0.1, 0.15) is 5.56 Å². The first-order valence-corrected chi connectivity index (χ1v) is 8.15. The Hall–Kier alpha value is -2.02. The number of amides is 1. The quantitative estimate of drug-likeness (QED) is 0.765. The standard InChI is InChI=1S/C17H15BrF2N2O2/c1-17(19,20)10-24-15-14-12(6-7-21-15)9-22(16(14)23)8-11-2-4-13(18)5-3-11/h2-7H,8-10H2,1H3. The Labute approximate surface area is 146 Å². The Morgan fingerprint density at radius 1 is 1.29 bits per heavy atom. The van der Waals surface area contributed by atoms with Crippen LogP contribution in [0.4, 0.5) is 8.78 Å². The molecule has 1 aromatic carbocycles. The number of hydrogen-bond acceptors (Lipinski definition) is 3. The molecule has 1 aliphatic heterocycles. The molecular weight excluding hydrogens is 382 g/mol. The van der Waals surface area contributed by atoms with Gasteiger partial charge in [0.15, 0.2) is 6.61 Å². The molecule has 0 bridgehead atoms. The minimum atomic E-state index is -2.98.